The molecule has 1 aromatic rings. The normalized spacial score (nSPS) is 20.8. The van der Waals surface area contributed by atoms with Crippen molar-refractivity contribution in [2.24, 2.45) is 0 Å². The van der Waals surface area contributed by atoms with Crippen molar-refractivity contribution in [3.8, 4) is 0 Å². The van der Waals surface area contributed by atoms with Gasteiger partial charge in [0.05, 0.1) is 16.3 Å². The van der Waals surface area contributed by atoms with Crippen molar-refractivity contribution in [1.82, 2.24) is 0 Å². The van der Waals surface area contributed by atoms with Crippen LogP contribution in [0.15, 0.2) is 23.1 Å². The number of benzene rings is 1. The third-order valence-corrected chi connectivity index (χ3v) is 5.04. The van der Waals surface area contributed by atoms with E-state index in [0.717, 1.165) is 25.5 Å². The number of sulfone groups is 1. The van der Waals surface area contributed by atoms with Crippen molar-refractivity contribution in [2.45, 2.75) is 36.1 Å². The standard InChI is InChI=1S/C13H16N2O3S/c1-19(17,18)10-5-2-4-9-12(10)14-11(16)8-13(15-9)6-3-7-13/h2,4-5,15H,3,6-8H2,1H3,(H,14,16). The third-order valence-electron chi connectivity index (χ3n) is 3.90. The average Bonchev–Trinajstić information content (AvgIpc) is 2.41. The maximum atomic E-state index is 12.0. The molecular formula is C13H16N2O3S. The molecule has 0 bridgehead atoms. The minimum absolute atomic E-state index is 0.123. The zero-order chi connectivity index (χ0) is 13.7. The molecule has 0 saturated heterocycles. The quantitative estimate of drug-likeness (QED) is 0.822. The predicted molar refractivity (Wildman–Crippen MR) is 73.0 cm³/mol. The first kappa shape index (κ1) is 12.5. The van der Waals surface area contributed by atoms with E-state index in [1.165, 1.54) is 6.07 Å². The molecule has 1 aliphatic carbocycles. The summed E-state index contributed by atoms with van der Waals surface area (Å²) < 4.78 is 23.6. The number of nitrogens with one attached hydrogen (secondary N) is 2. The van der Waals surface area contributed by atoms with E-state index >= 15 is 0 Å². The Morgan fingerprint density at radius 2 is 2.00 bits per heavy atom. The Morgan fingerprint density at radius 1 is 1.26 bits per heavy atom. The van der Waals surface area contributed by atoms with Crippen LogP contribution >= 0.6 is 0 Å². The van der Waals surface area contributed by atoms with Crippen LogP contribution in [0, 0.1) is 0 Å². The summed E-state index contributed by atoms with van der Waals surface area (Å²) in [6.07, 6.45) is 4.54. The van der Waals surface area contributed by atoms with Gasteiger partial charge in [0.1, 0.15) is 0 Å². The number of carbonyl (C=O) groups is 1. The van der Waals surface area contributed by atoms with Crippen molar-refractivity contribution >= 4 is 27.1 Å². The summed E-state index contributed by atoms with van der Waals surface area (Å²) in [4.78, 5) is 12.2. The fourth-order valence-corrected chi connectivity index (χ4v) is 3.66. The molecule has 102 valence electrons. The first-order valence-electron chi connectivity index (χ1n) is 6.31. The molecule has 6 heteroatoms. The fraction of sp³-hybridized carbons (Fsp3) is 0.462. The summed E-state index contributed by atoms with van der Waals surface area (Å²) in [6.45, 7) is 0. The number of carbonyl (C=O) groups excluding carboxylic acids is 1. The van der Waals surface area contributed by atoms with E-state index < -0.39 is 9.84 Å². The van der Waals surface area contributed by atoms with Crippen LogP contribution in [0.3, 0.4) is 0 Å². The topological polar surface area (TPSA) is 75.3 Å². The van der Waals surface area contributed by atoms with Gasteiger partial charge < -0.3 is 10.6 Å². The Bertz CT molecular complexity index is 648. The molecule has 1 heterocycles. The fourth-order valence-electron chi connectivity index (χ4n) is 2.80. The number of rotatable bonds is 1. The van der Waals surface area contributed by atoms with E-state index in [0.29, 0.717) is 17.8 Å². The Labute approximate surface area is 112 Å². The first-order chi connectivity index (χ1) is 8.90. The van der Waals surface area contributed by atoms with Crippen molar-refractivity contribution in [3.05, 3.63) is 18.2 Å². The van der Waals surface area contributed by atoms with Gasteiger partial charge in [0, 0.05) is 18.2 Å². The van der Waals surface area contributed by atoms with Gasteiger partial charge in [0.15, 0.2) is 9.84 Å². The van der Waals surface area contributed by atoms with E-state index in [9.17, 15) is 13.2 Å². The molecule has 1 spiro atoms. The smallest absolute Gasteiger partial charge is 0.226 e. The highest BCUT2D eigenvalue weighted by atomic mass is 32.2. The lowest BCUT2D eigenvalue weighted by molar-refractivity contribution is -0.117. The molecular weight excluding hydrogens is 264 g/mol. The van der Waals surface area contributed by atoms with Crippen molar-refractivity contribution < 1.29 is 13.2 Å². The first-order valence-corrected chi connectivity index (χ1v) is 8.20. The number of hydrogen-bond acceptors (Lipinski definition) is 4. The van der Waals surface area contributed by atoms with Crippen LogP contribution in [0.2, 0.25) is 0 Å². The molecule has 0 aromatic heterocycles. The van der Waals surface area contributed by atoms with Gasteiger partial charge in [-0.05, 0) is 31.4 Å². The number of anilines is 2. The van der Waals surface area contributed by atoms with Crippen LogP contribution in [-0.4, -0.2) is 26.1 Å². The summed E-state index contributed by atoms with van der Waals surface area (Å²) in [7, 11) is -3.36. The van der Waals surface area contributed by atoms with Crippen LogP contribution in [-0.2, 0) is 14.6 Å². The molecule has 2 N–H and O–H groups in total. The van der Waals surface area contributed by atoms with E-state index in [1.54, 1.807) is 6.07 Å². The van der Waals surface area contributed by atoms with E-state index in [-0.39, 0.29) is 16.3 Å². The Balaban J connectivity index is 2.13. The van der Waals surface area contributed by atoms with Gasteiger partial charge in [-0.25, -0.2) is 8.42 Å². The van der Waals surface area contributed by atoms with E-state index in [4.69, 9.17) is 0 Å². The Hall–Kier alpha value is -1.56. The van der Waals surface area contributed by atoms with Crippen molar-refractivity contribution in [3.63, 3.8) is 0 Å². The zero-order valence-electron chi connectivity index (χ0n) is 10.7. The lowest BCUT2D eigenvalue weighted by Gasteiger charge is -2.41. The average molecular weight is 280 g/mol. The predicted octanol–water partition coefficient (Wildman–Crippen LogP) is 1.77. The second kappa shape index (κ2) is 3.96. The Kier molecular flexibility index (Phi) is 2.60. The highest BCUT2D eigenvalue weighted by Gasteiger charge is 2.41. The largest absolute Gasteiger partial charge is 0.377 e. The maximum Gasteiger partial charge on any atom is 0.226 e. The van der Waals surface area contributed by atoms with Gasteiger partial charge in [-0.2, -0.15) is 0 Å². The highest BCUT2D eigenvalue weighted by molar-refractivity contribution is 7.90. The number of hydrogen-bond donors (Lipinski definition) is 2. The van der Waals surface area contributed by atoms with Gasteiger partial charge in [-0.3, -0.25) is 4.79 Å². The van der Waals surface area contributed by atoms with Crippen LogP contribution in [0.25, 0.3) is 0 Å². The van der Waals surface area contributed by atoms with Gasteiger partial charge in [-0.1, -0.05) is 6.07 Å². The van der Waals surface area contributed by atoms with Gasteiger partial charge >= 0.3 is 0 Å². The summed E-state index contributed by atoms with van der Waals surface area (Å²) in [5.74, 6) is -0.123. The molecule has 0 atom stereocenters. The summed E-state index contributed by atoms with van der Waals surface area (Å²) in [5, 5.41) is 6.11. The molecule has 0 unspecified atom stereocenters. The summed E-state index contributed by atoms with van der Waals surface area (Å²) in [5.41, 5.74) is 0.901. The monoisotopic (exact) mass is 280 g/mol. The van der Waals surface area contributed by atoms with E-state index in [2.05, 4.69) is 10.6 Å². The lowest BCUT2D eigenvalue weighted by Crippen LogP contribution is -2.46. The van der Waals surface area contributed by atoms with Crippen LogP contribution in [0.1, 0.15) is 25.7 Å². The molecule has 1 saturated carbocycles. The highest BCUT2D eigenvalue weighted by Crippen LogP contribution is 2.43. The molecule has 19 heavy (non-hydrogen) atoms. The van der Waals surface area contributed by atoms with Crippen LogP contribution in [0.5, 0.6) is 0 Å². The number of fused-ring (bicyclic) bond motifs is 1. The molecule has 1 aromatic carbocycles. The lowest BCUT2D eigenvalue weighted by atomic mass is 9.74. The maximum absolute atomic E-state index is 12.0. The Morgan fingerprint density at radius 3 is 2.58 bits per heavy atom. The zero-order valence-corrected chi connectivity index (χ0v) is 11.5. The minimum Gasteiger partial charge on any atom is -0.377 e. The summed E-state index contributed by atoms with van der Waals surface area (Å²) >= 11 is 0. The van der Waals surface area contributed by atoms with Gasteiger partial charge in [-0.15, -0.1) is 0 Å². The van der Waals surface area contributed by atoms with Crippen molar-refractivity contribution in [2.75, 3.05) is 16.9 Å². The van der Waals surface area contributed by atoms with Gasteiger partial charge in [0.25, 0.3) is 0 Å². The van der Waals surface area contributed by atoms with Crippen LogP contribution < -0.4 is 10.6 Å². The number of para-hydroxylation sites is 1. The van der Waals surface area contributed by atoms with Gasteiger partial charge in [0.2, 0.25) is 5.91 Å². The summed E-state index contributed by atoms with van der Waals surface area (Å²) in [6, 6.07) is 5.04. The molecule has 2 aliphatic rings. The molecule has 0 radical (unpaired) electrons. The number of amides is 1. The third kappa shape index (κ3) is 2.10. The molecule has 1 amide bonds. The molecule has 5 nitrogen and oxygen atoms in total. The SMILES string of the molecule is CS(=O)(=O)c1cccc2c1NC(=O)CC1(CCC1)N2. The molecule has 3 rings (SSSR count). The second-order valence-corrected chi connectivity index (χ2v) is 7.42. The second-order valence-electron chi connectivity index (χ2n) is 5.43. The molecule has 1 fully saturated rings. The van der Waals surface area contributed by atoms with Crippen LogP contribution in [0.4, 0.5) is 11.4 Å². The van der Waals surface area contributed by atoms with Crippen molar-refractivity contribution in [1.29, 1.82) is 0 Å². The van der Waals surface area contributed by atoms with E-state index in [1.807, 2.05) is 6.07 Å². The molecule has 1 aliphatic heterocycles. The minimum atomic E-state index is -3.36.